The molecule has 1 rings (SSSR count). The van der Waals surface area contributed by atoms with E-state index in [1.54, 1.807) is 0 Å². The highest BCUT2D eigenvalue weighted by Crippen LogP contribution is 2.27. The van der Waals surface area contributed by atoms with Crippen LogP contribution in [0, 0.1) is 0 Å². The van der Waals surface area contributed by atoms with E-state index in [9.17, 15) is 0 Å². The van der Waals surface area contributed by atoms with Crippen molar-refractivity contribution in [2.75, 3.05) is 6.61 Å². The monoisotopic (exact) mass is 254 g/mol. The summed E-state index contributed by atoms with van der Waals surface area (Å²) in [6.07, 6.45) is 12.7. The summed E-state index contributed by atoms with van der Waals surface area (Å²) in [6, 6.07) is 1.45. The van der Waals surface area contributed by atoms with Crippen molar-refractivity contribution in [3.63, 3.8) is 0 Å². The maximum absolute atomic E-state index is 5.99. The molecule has 0 radical (unpaired) electrons. The molecule has 17 heavy (non-hydrogen) atoms. The molecule has 0 aromatic carbocycles. The molecule has 1 atom stereocenters. The van der Waals surface area contributed by atoms with E-state index in [0.29, 0.717) is 5.73 Å². The fourth-order valence-corrected chi connectivity index (χ4v) is 5.78. The van der Waals surface area contributed by atoms with Crippen molar-refractivity contribution in [1.82, 2.24) is 0 Å². The predicted octanol–water partition coefficient (Wildman–Crippen LogP) is 4.94. The minimum atomic E-state index is -1.11. The van der Waals surface area contributed by atoms with Crippen LogP contribution in [-0.4, -0.2) is 20.4 Å². The third-order valence-corrected chi connectivity index (χ3v) is 7.87. The molecule has 0 amide bonds. The Hall–Kier alpha value is -0.0831. The topological polar surface area (TPSA) is 9.23 Å². The molecule has 0 saturated carbocycles. The van der Waals surface area contributed by atoms with Gasteiger partial charge in [0.15, 0.2) is 0 Å². The molecule has 0 aromatic rings. The Morgan fingerprint density at radius 3 is 2.59 bits per heavy atom. The van der Waals surface area contributed by atoms with Gasteiger partial charge in [0.05, 0.1) is 8.07 Å². The summed E-state index contributed by atoms with van der Waals surface area (Å²) in [7, 11) is -1.11. The molecule has 2 heteroatoms. The Balaban J connectivity index is 2.12. The molecule has 1 nitrogen and oxygen atoms in total. The summed E-state index contributed by atoms with van der Waals surface area (Å²) in [5.74, 6) is 0. The van der Waals surface area contributed by atoms with Crippen molar-refractivity contribution in [3.05, 3.63) is 12.7 Å². The number of hydrogen-bond acceptors (Lipinski definition) is 1. The first-order valence-corrected chi connectivity index (χ1v) is 10.7. The van der Waals surface area contributed by atoms with E-state index in [1.165, 1.54) is 57.4 Å². The number of allylic oxidation sites excluding steroid dienone is 1. The quantitative estimate of drug-likeness (QED) is 0.339. The fraction of sp³-hybridized carbons (Fsp3) is 0.867. The fourth-order valence-electron chi connectivity index (χ4n) is 2.74. The summed E-state index contributed by atoms with van der Waals surface area (Å²) in [6.45, 7) is 9.82. The maximum Gasteiger partial charge on any atom is 0.0815 e. The predicted molar refractivity (Wildman–Crippen MR) is 79.2 cm³/mol. The SMILES string of the molecule is C=CCCCCCC[Si](C)(C)C1CCCCO1. The molecule has 0 spiro atoms. The lowest BCUT2D eigenvalue weighted by molar-refractivity contribution is 0.0597. The summed E-state index contributed by atoms with van der Waals surface area (Å²) < 4.78 is 5.99. The smallest absolute Gasteiger partial charge is 0.0815 e. The van der Waals surface area contributed by atoms with Gasteiger partial charge in [-0.25, -0.2) is 0 Å². The van der Waals surface area contributed by atoms with E-state index < -0.39 is 8.07 Å². The zero-order chi connectivity index (χ0) is 12.6. The van der Waals surface area contributed by atoms with Gasteiger partial charge in [0, 0.05) is 12.3 Å². The van der Waals surface area contributed by atoms with Crippen LogP contribution in [-0.2, 0) is 4.74 Å². The molecule has 0 aliphatic carbocycles. The molecule has 1 aliphatic heterocycles. The van der Waals surface area contributed by atoms with Crippen molar-refractivity contribution in [1.29, 1.82) is 0 Å². The van der Waals surface area contributed by atoms with Crippen LogP contribution in [0.5, 0.6) is 0 Å². The van der Waals surface area contributed by atoms with Crippen LogP contribution in [0.25, 0.3) is 0 Å². The number of ether oxygens (including phenoxy) is 1. The first-order chi connectivity index (χ1) is 8.17. The van der Waals surface area contributed by atoms with E-state index in [2.05, 4.69) is 19.7 Å². The van der Waals surface area contributed by atoms with Crippen LogP contribution in [0.2, 0.25) is 19.1 Å². The zero-order valence-electron chi connectivity index (χ0n) is 11.8. The minimum absolute atomic E-state index is 0.643. The zero-order valence-corrected chi connectivity index (χ0v) is 12.8. The second-order valence-electron chi connectivity index (χ2n) is 6.09. The van der Waals surface area contributed by atoms with Crippen molar-refractivity contribution in [2.45, 2.75) is 76.2 Å². The molecule has 1 fully saturated rings. The molecular weight excluding hydrogens is 224 g/mol. The Morgan fingerprint density at radius 1 is 1.18 bits per heavy atom. The Bertz CT molecular complexity index is 207. The number of hydrogen-bond donors (Lipinski definition) is 0. The average Bonchev–Trinajstić information content (AvgIpc) is 2.35. The Labute approximate surface area is 109 Å². The van der Waals surface area contributed by atoms with Gasteiger partial charge in [-0.05, 0) is 32.1 Å². The van der Waals surface area contributed by atoms with Crippen LogP contribution < -0.4 is 0 Å². The molecule has 100 valence electrons. The Morgan fingerprint density at radius 2 is 1.94 bits per heavy atom. The standard InChI is InChI=1S/C15H30OSi/c1-4-5-6-7-8-11-14-17(2,3)15-12-9-10-13-16-15/h4,15H,1,5-14H2,2-3H3. The van der Waals surface area contributed by atoms with Crippen LogP contribution in [0.4, 0.5) is 0 Å². The molecule has 1 aliphatic rings. The van der Waals surface area contributed by atoms with Gasteiger partial charge in [-0.15, -0.1) is 6.58 Å². The molecule has 0 N–H and O–H groups in total. The van der Waals surface area contributed by atoms with Crippen LogP contribution in [0.15, 0.2) is 12.7 Å². The van der Waals surface area contributed by atoms with Crippen LogP contribution in [0.1, 0.15) is 51.4 Å². The van der Waals surface area contributed by atoms with E-state index >= 15 is 0 Å². The normalized spacial score (nSPS) is 21.4. The van der Waals surface area contributed by atoms with Gasteiger partial charge in [0.25, 0.3) is 0 Å². The third kappa shape index (κ3) is 5.87. The number of unbranched alkanes of at least 4 members (excludes halogenated alkanes) is 4. The van der Waals surface area contributed by atoms with E-state index in [0.717, 1.165) is 6.61 Å². The van der Waals surface area contributed by atoms with Crippen LogP contribution >= 0.6 is 0 Å². The van der Waals surface area contributed by atoms with E-state index in [-0.39, 0.29) is 0 Å². The van der Waals surface area contributed by atoms with Gasteiger partial charge < -0.3 is 4.74 Å². The van der Waals surface area contributed by atoms with Gasteiger partial charge in [0.1, 0.15) is 0 Å². The highest BCUT2D eigenvalue weighted by atomic mass is 28.3. The molecule has 1 unspecified atom stereocenters. The molecule has 0 aromatic heterocycles. The lowest BCUT2D eigenvalue weighted by Crippen LogP contribution is -2.45. The van der Waals surface area contributed by atoms with Crippen molar-refractivity contribution < 1.29 is 4.74 Å². The summed E-state index contributed by atoms with van der Waals surface area (Å²) in [5.41, 5.74) is 0.643. The third-order valence-electron chi connectivity index (χ3n) is 4.03. The van der Waals surface area contributed by atoms with E-state index in [4.69, 9.17) is 4.74 Å². The Kier molecular flexibility index (Phi) is 7.13. The van der Waals surface area contributed by atoms with Gasteiger partial charge >= 0.3 is 0 Å². The van der Waals surface area contributed by atoms with E-state index in [1.807, 2.05) is 6.08 Å². The minimum Gasteiger partial charge on any atom is -0.382 e. The van der Waals surface area contributed by atoms with Gasteiger partial charge in [0.2, 0.25) is 0 Å². The van der Waals surface area contributed by atoms with Gasteiger partial charge in [-0.1, -0.05) is 44.5 Å². The molecular formula is C15H30OSi. The van der Waals surface area contributed by atoms with Crippen molar-refractivity contribution in [2.24, 2.45) is 0 Å². The van der Waals surface area contributed by atoms with Gasteiger partial charge in [-0.3, -0.25) is 0 Å². The molecule has 1 saturated heterocycles. The highest BCUT2D eigenvalue weighted by molar-refractivity contribution is 6.78. The first-order valence-electron chi connectivity index (χ1n) is 7.39. The summed E-state index contributed by atoms with van der Waals surface area (Å²) in [5, 5.41) is 0. The summed E-state index contributed by atoms with van der Waals surface area (Å²) in [4.78, 5) is 0. The maximum atomic E-state index is 5.99. The summed E-state index contributed by atoms with van der Waals surface area (Å²) >= 11 is 0. The largest absolute Gasteiger partial charge is 0.382 e. The average molecular weight is 254 g/mol. The van der Waals surface area contributed by atoms with Crippen LogP contribution in [0.3, 0.4) is 0 Å². The first kappa shape index (κ1) is 15.0. The highest BCUT2D eigenvalue weighted by Gasteiger charge is 2.32. The lowest BCUT2D eigenvalue weighted by atomic mass is 10.1. The van der Waals surface area contributed by atoms with Crippen molar-refractivity contribution >= 4 is 8.07 Å². The molecule has 1 heterocycles. The van der Waals surface area contributed by atoms with Gasteiger partial charge in [-0.2, -0.15) is 0 Å². The lowest BCUT2D eigenvalue weighted by Gasteiger charge is -2.35. The second kappa shape index (κ2) is 8.10. The van der Waals surface area contributed by atoms with Crippen molar-refractivity contribution in [3.8, 4) is 0 Å². The second-order valence-corrected chi connectivity index (χ2v) is 11.2. The number of rotatable bonds is 8. The molecule has 0 bridgehead atoms.